The Hall–Kier alpha value is -3.19. The molecule has 0 fully saturated rings. The minimum absolute atomic E-state index is 0.0954. The first-order valence-corrected chi connectivity index (χ1v) is 9.00. The van der Waals surface area contributed by atoms with Crippen LogP contribution in [0.15, 0.2) is 52.0 Å². The topological polar surface area (TPSA) is 79.4 Å². The number of H-pyrrole nitrogens is 1. The number of furan rings is 1. The first-order chi connectivity index (χ1) is 13.2. The van der Waals surface area contributed by atoms with Crippen LogP contribution in [0.4, 0.5) is 0 Å². The maximum absolute atomic E-state index is 12.6. The molecule has 1 N–H and O–H groups in total. The van der Waals surface area contributed by atoms with E-state index in [1.807, 2.05) is 25.3 Å². The Morgan fingerprint density at radius 3 is 3.00 bits per heavy atom. The minimum Gasteiger partial charge on any atom is -0.461 e. The molecule has 0 saturated heterocycles. The van der Waals surface area contributed by atoms with Crippen LogP contribution in [0, 0.1) is 6.92 Å². The molecule has 4 aromatic heterocycles. The van der Waals surface area contributed by atoms with Crippen LogP contribution in [0.3, 0.4) is 0 Å². The lowest BCUT2D eigenvalue weighted by Gasteiger charge is -2.27. The molecule has 1 aliphatic heterocycles. The Morgan fingerprint density at radius 2 is 2.15 bits per heavy atom. The molecule has 0 aliphatic carbocycles. The molecule has 4 aromatic rings. The molecule has 5 rings (SSSR count). The van der Waals surface area contributed by atoms with Gasteiger partial charge in [-0.3, -0.25) is 9.69 Å². The summed E-state index contributed by atoms with van der Waals surface area (Å²) in [4.78, 5) is 27.0. The van der Waals surface area contributed by atoms with Gasteiger partial charge in [-0.05, 0) is 31.2 Å². The molecule has 0 spiro atoms. The van der Waals surface area contributed by atoms with E-state index in [0.717, 1.165) is 41.3 Å². The van der Waals surface area contributed by atoms with Gasteiger partial charge in [0, 0.05) is 32.3 Å². The molecule has 7 nitrogen and oxygen atoms in total. The number of hydrogen-bond donors (Lipinski definition) is 1. The minimum atomic E-state index is -0.0954. The number of pyridine rings is 1. The third-order valence-corrected chi connectivity index (χ3v) is 5.08. The molecular weight excluding hydrogens is 342 g/mol. The number of hydrogen-bond acceptors (Lipinski definition) is 5. The van der Waals surface area contributed by atoms with Gasteiger partial charge in [0.1, 0.15) is 5.82 Å². The van der Waals surface area contributed by atoms with Gasteiger partial charge in [-0.1, -0.05) is 6.07 Å². The zero-order valence-electron chi connectivity index (χ0n) is 15.0. The maximum Gasteiger partial charge on any atom is 0.256 e. The average molecular weight is 361 g/mol. The molecule has 0 amide bonds. The summed E-state index contributed by atoms with van der Waals surface area (Å²) in [7, 11) is 0. The summed E-state index contributed by atoms with van der Waals surface area (Å²) in [6.07, 6.45) is 4.34. The highest BCUT2D eigenvalue weighted by Gasteiger charge is 2.23. The van der Waals surface area contributed by atoms with Crippen LogP contribution in [-0.2, 0) is 19.5 Å². The van der Waals surface area contributed by atoms with Crippen LogP contribution in [-0.4, -0.2) is 30.8 Å². The predicted octanol–water partition coefficient (Wildman–Crippen LogP) is 2.54. The third kappa shape index (κ3) is 2.76. The van der Waals surface area contributed by atoms with Crippen molar-refractivity contribution in [3.8, 4) is 11.6 Å². The molecule has 0 saturated carbocycles. The molecule has 27 heavy (non-hydrogen) atoms. The molecular formula is C20H19N5O2. The van der Waals surface area contributed by atoms with E-state index < -0.39 is 0 Å². The summed E-state index contributed by atoms with van der Waals surface area (Å²) < 4.78 is 7.45. The number of fused-ring (bicyclic) bond motifs is 2. The SMILES string of the molecule is Cc1nc(CN2CCc3nc(-c4ccco4)[nH]c(=O)c3C2)c2ccccn12. The van der Waals surface area contributed by atoms with Crippen LogP contribution in [0.1, 0.15) is 22.8 Å². The number of aromatic amines is 1. The largest absolute Gasteiger partial charge is 0.461 e. The second-order valence-electron chi connectivity index (χ2n) is 6.84. The fourth-order valence-electron chi connectivity index (χ4n) is 3.74. The van der Waals surface area contributed by atoms with Crippen molar-refractivity contribution >= 4 is 5.52 Å². The summed E-state index contributed by atoms with van der Waals surface area (Å²) in [6.45, 7) is 4.12. The van der Waals surface area contributed by atoms with Gasteiger partial charge in [0.15, 0.2) is 11.6 Å². The summed E-state index contributed by atoms with van der Waals surface area (Å²) in [5.41, 5.74) is 3.64. The Bertz CT molecular complexity index is 1170. The van der Waals surface area contributed by atoms with Gasteiger partial charge in [-0.25, -0.2) is 9.97 Å². The van der Waals surface area contributed by atoms with Crippen LogP contribution in [0.5, 0.6) is 0 Å². The lowest BCUT2D eigenvalue weighted by Crippen LogP contribution is -2.35. The quantitative estimate of drug-likeness (QED) is 0.607. The van der Waals surface area contributed by atoms with E-state index in [-0.39, 0.29) is 5.56 Å². The number of nitrogens with one attached hydrogen (secondary N) is 1. The fraction of sp³-hybridized carbons (Fsp3) is 0.250. The van der Waals surface area contributed by atoms with Crippen LogP contribution in [0.2, 0.25) is 0 Å². The standard InChI is InChI=1S/C20H19N5O2/c1-13-21-16(17-5-2-3-8-25(13)17)12-24-9-7-15-14(11-24)20(26)23-19(22-15)18-6-4-10-27-18/h2-6,8,10H,7,9,11-12H2,1H3,(H,22,23,26). The van der Waals surface area contributed by atoms with E-state index in [9.17, 15) is 4.79 Å². The first-order valence-electron chi connectivity index (χ1n) is 9.00. The second kappa shape index (κ2) is 6.21. The molecule has 0 radical (unpaired) electrons. The van der Waals surface area contributed by atoms with Gasteiger partial charge in [-0.2, -0.15) is 0 Å². The molecule has 0 unspecified atom stereocenters. The Labute approximate surface area is 155 Å². The highest BCUT2D eigenvalue weighted by atomic mass is 16.3. The number of aromatic nitrogens is 4. The predicted molar refractivity (Wildman–Crippen MR) is 100 cm³/mol. The molecule has 0 aromatic carbocycles. The number of imidazole rings is 1. The van der Waals surface area contributed by atoms with Crippen molar-refractivity contribution in [1.29, 1.82) is 0 Å². The molecule has 7 heteroatoms. The molecule has 136 valence electrons. The van der Waals surface area contributed by atoms with Gasteiger partial charge in [0.05, 0.1) is 28.7 Å². The maximum atomic E-state index is 12.6. The van der Waals surface area contributed by atoms with Crippen molar-refractivity contribution in [2.75, 3.05) is 6.54 Å². The van der Waals surface area contributed by atoms with Crippen LogP contribution < -0.4 is 5.56 Å². The zero-order chi connectivity index (χ0) is 18.4. The van der Waals surface area contributed by atoms with E-state index in [4.69, 9.17) is 9.40 Å². The summed E-state index contributed by atoms with van der Waals surface area (Å²) in [6, 6.07) is 9.69. The highest BCUT2D eigenvalue weighted by Crippen LogP contribution is 2.21. The monoisotopic (exact) mass is 361 g/mol. The average Bonchev–Trinajstić information content (AvgIpc) is 3.32. The molecule has 0 bridgehead atoms. The van der Waals surface area contributed by atoms with Gasteiger partial charge >= 0.3 is 0 Å². The normalized spacial score (nSPS) is 14.6. The van der Waals surface area contributed by atoms with Crippen molar-refractivity contribution in [3.63, 3.8) is 0 Å². The second-order valence-corrected chi connectivity index (χ2v) is 6.84. The Balaban J connectivity index is 1.43. The lowest BCUT2D eigenvalue weighted by atomic mass is 10.1. The van der Waals surface area contributed by atoms with E-state index in [2.05, 4.69) is 25.3 Å². The lowest BCUT2D eigenvalue weighted by molar-refractivity contribution is 0.240. The Morgan fingerprint density at radius 1 is 1.22 bits per heavy atom. The van der Waals surface area contributed by atoms with Crippen molar-refractivity contribution < 1.29 is 4.42 Å². The summed E-state index contributed by atoms with van der Waals surface area (Å²) >= 11 is 0. The van der Waals surface area contributed by atoms with Crippen molar-refractivity contribution in [1.82, 2.24) is 24.3 Å². The Kier molecular flexibility index (Phi) is 3.68. The molecule has 1 aliphatic rings. The van der Waals surface area contributed by atoms with Crippen molar-refractivity contribution in [2.24, 2.45) is 0 Å². The smallest absolute Gasteiger partial charge is 0.256 e. The van der Waals surface area contributed by atoms with Crippen LogP contribution >= 0.6 is 0 Å². The van der Waals surface area contributed by atoms with Crippen molar-refractivity contribution in [3.05, 3.63) is 75.9 Å². The fourth-order valence-corrected chi connectivity index (χ4v) is 3.74. The first kappa shape index (κ1) is 16.0. The molecule has 5 heterocycles. The number of aryl methyl sites for hydroxylation is 1. The van der Waals surface area contributed by atoms with Gasteiger partial charge < -0.3 is 13.8 Å². The van der Waals surface area contributed by atoms with Crippen LogP contribution in [0.25, 0.3) is 17.1 Å². The number of rotatable bonds is 3. The third-order valence-electron chi connectivity index (χ3n) is 5.08. The zero-order valence-corrected chi connectivity index (χ0v) is 15.0. The van der Waals surface area contributed by atoms with Gasteiger partial charge in [-0.15, -0.1) is 0 Å². The number of nitrogens with zero attached hydrogens (tertiary/aromatic N) is 4. The van der Waals surface area contributed by atoms with E-state index in [0.29, 0.717) is 24.7 Å². The van der Waals surface area contributed by atoms with E-state index in [1.54, 1.807) is 18.4 Å². The van der Waals surface area contributed by atoms with E-state index in [1.165, 1.54) is 0 Å². The summed E-state index contributed by atoms with van der Waals surface area (Å²) in [5.74, 6) is 2.05. The van der Waals surface area contributed by atoms with Gasteiger partial charge in [0.25, 0.3) is 5.56 Å². The summed E-state index contributed by atoms with van der Waals surface area (Å²) in [5, 5.41) is 0. The van der Waals surface area contributed by atoms with Crippen molar-refractivity contribution in [2.45, 2.75) is 26.4 Å². The van der Waals surface area contributed by atoms with E-state index >= 15 is 0 Å². The molecule has 0 atom stereocenters. The van der Waals surface area contributed by atoms with Gasteiger partial charge in [0.2, 0.25) is 0 Å². The highest BCUT2D eigenvalue weighted by molar-refractivity contribution is 5.53.